The van der Waals surface area contributed by atoms with E-state index < -0.39 is 0 Å². The maximum absolute atomic E-state index is 12.8. The molecule has 1 amide bonds. The molecular weight excluding hydrogens is 286 g/mol. The predicted octanol–water partition coefficient (Wildman–Crippen LogP) is 1.45. The van der Waals surface area contributed by atoms with E-state index in [1.807, 2.05) is 17.9 Å². The molecule has 0 bridgehead atoms. The van der Waals surface area contributed by atoms with Crippen LogP contribution < -0.4 is 9.80 Å². The number of rotatable bonds is 2. The SMILES string of the molecule is Cc1cc(N2C(=O)C3CCC[NH+]3C2c2sccc2C)no1. The Hall–Kier alpha value is -1.66. The maximum atomic E-state index is 12.8. The molecule has 4 rings (SSSR count). The van der Waals surface area contributed by atoms with E-state index in [-0.39, 0.29) is 18.1 Å². The molecule has 21 heavy (non-hydrogen) atoms. The first kappa shape index (κ1) is 13.0. The summed E-state index contributed by atoms with van der Waals surface area (Å²) in [5.41, 5.74) is 1.25. The summed E-state index contributed by atoms with van der Waals surface area (Å²) in [5.74, 6) is 1.58. The number of anilines is 1. The third-order valence-electron chi connectivity index (χ3n) is 4.56. The summed E-state index contributed by atoms with van der Waals surface area (Å²) in [6.07, 6.45) is 2.15. The van der Waals surface area contributed by atoms with Gasteiger partial charge >= 0.3 is 0 Å². The highest BCUT2D eigenvalue weighted by Gasteiger charge is 2.55. The van der Waals surface area contributed by atoms with Crippen LogP contribution in [-0.4, -0.2) is 23.7 Å². The number of nitrogens with zero attached hydrogens (tertiary/aromatic N) is 2. The van der Waals surface area contributed by atoms with Crippen LogP contribution >= 0.6 is 11.3 Å². The summed E-state index contributed by atoms with van der Waals surface area (Å²) >= 11 is 1.73. The molecule has 2 aromatic rings. The Balaban J connectivity index is 1.82. The van der Waals surface area contributed by atoms with Crippen molar-refractivity contribution in [2.45, 2.75) is 38.9 Å². The molecule has 0 spiro atoms. The van der Waals surface area contributed by atoms with Crippen molar-refractivity contribution in [1.29, 1.82) is 0 Å². The molecule has 2 aliphatic heterocycles. The summed E-state index contributed by atoms with van der Waals surface area (Å²) < 4.78 is 5.19. The average Bonchev–Trinajstić information content (AvgIpc) is 3.18. The summed E-state index contributed by atoms with van der Waals surface area (Å²) in [6, 6.07) is 4.06. The molecule has 2 saturated heterocycles. The van der Waals surface area contributed by atoms with Gasteiger partial charge in [-0.25, -0.2) is 4.90 Å². The zero-order chi connectivity index (χ0) is 14.6. The van der Waals surface area contributed by atoms with Crippen molar-refractivity contribution in [3.05, 3.63) is 33.7 Å². The number of hydrogen-bond donors (Lipinski definition) is 1. The van der Waals surface area contributed by atoms with Crippen LogP contribution in [0.1, 0.15) is 35.2 Å². The Morgan fingerprint density at radius 3 is 3.00 bits per heavy atom. The largest absolute Gasteiger partial charge is 0.360 e. The number of hydrogen-bond acceptors (Lipinski definition) is 4. The highest BCUT2D eigenvalue weighted by molar-refractivity contribution is 7.10. The van der Waals surface area contributed by atoms with Crippen LogP contribution in [0.15, 0.2) is 22.0 Å². The van der Waals surface area contributed by atoms with Gasteiger partial charge in [-0.15, -0.1) is 11.3 Å². The van der Waals surface area contributed by atoms with Gasteiger partial charge in [-0.05, 0) is 30.9 Å². The van der Waals surface area contributed by atoms with E-state index in [2.05, 4.69) is 23.5 Å². The fraction of sp³-hybridized carbons (Fsp3) is 0.467. The lowest BCUT2D eigenvalue weighted by Crippen LogP contribution is -3.12. The molecule has 0 saturated carbocycles. The van der Waals surface area contributed by atoms with Crippen LogP contribution in [0.3, 0.4) is 0 Å². The molecule has 2 aromatic heterocycles. The lowest BCUT2D eigenvalue weighted by atomic mass is 10.2. The number of aryl methyl sites for hydroxylation is 2. The predicted molar refractivity (Wildman–Crippen MR) is 79.4 cm³/mol. The van der Waals surface area contributed by atoms with Crippen molar-refractivity contribution in [1.82, 2.24) is 5.16 Å². The maximum Gasteiger partial charge on any atom is 0.291 e. The minimum atomic E-state index is 0.0505. The molecule has 5 nitrogen and oxygen atoms in total. The van der Waals surface area contributed by atoms with Crippen molar-refractivity contribution in [2.75, 3.05) is 11.4 Å². The van der Waals surface area contributed by atoms with E-state index in [0.29, 0.717) is 5.82 Å². The number of aromatic nitrogens is 1. The van der Waals surface area contributed by atoms with Gasteiger partial charge in [0.15, 0.2) is 11.9 Å². The van der Waals surface area contributed by atoms with Crippen LogP contribution in [-0.2, 0) is 4.79 Å². The zero-order valence-electron chi connectivity index (χ0n) is 12.1. The van der Waals surface area contributed by atoms with Gasteiger partial charge in [0.25, 0.3) is 5.91 Å². The second kappa shape index (κ2) is 4.68. The molecule has 4 heterocycles. The highest BCUT2D eigenvalue weighted by Crippen LogP contribution is 2.34. The fourth-order valence-electron chi connectivity index (χ4n) is 3.60. The molecule has 3 atom stereocenters. The number of amides is 1. The number of carbonyl (C=O) groups excluding carboxylic acids is 1. The summed E-state index contributed by atoms with van der Waals surface area (Å²) in [4.78, 5) is 17.3. The smallest absolute Gasteiger partial charge is 0.291 e. The number of quaternary nitrogens is 1. The number of carbonyl (C=O) groups is 1. The van der Waals surface area contributed by atoms with Gasteiger partial charge in [0.1, 0.15) is 5.76 Å². The third kappa shape index (κ3) is 1.86. The van der Waals surface area contributed by atoms with Gasteiger partial charge in [0.2, 0.25) is 6.17 Å². The third-order valence-corrected chi connectivity index (χ3v) is 5.63. The number of nitrogens with one attached hydrogen (secondary N) is 1. The molecular formula is C15H18N3O2S+. The highest BCUT2D eigenvalue weighted by atomic mass is 32.1. The van der Waals surface area contributed by atoms with E-state index in [0.717, 1.165) is 25.1 Å². The second-order valence-corrected chi connectivity index (χ2v) is 6.84. The van der Waals surface area contributed by atoms with Crippen LogP contribution in [0.25, 0.3) is 0 Å². The Bertz CT molecular complexity index is 693. The van der Waals surface area contributed by atoms with E-state index in [1.54, 1.807) is 11.3 Å². The van der Waals surface area contributed by atoms with Crippen LogP contribution in [0.5, 0.6) is 0 Å². The topological polar surface area (TPSA) is 50.8 Å². The summed E-state index contributed by atoms with van der Waals surface area (Å²) in [6.45, 7) is 5.02. The summed E-state index contributed by atoms with van der Waals surface area (Å²) in [5, 5.41) is 6.19. The van der Waals surface area contributed by atoms with Crippen LogP contribution in [0.4, 0.5) is 5.82 Å². The average molecular weight is 304 g/mol. The normalized spacial score (nSPS) is 28.4. The van der Waals surface area contributed by atoms with Crippen molar-refractivity contribution < 1.29 is 14.2 Å². The fourth-order valence-corrected chi connectivity index (χ4v) is 4.66. The molecule has 3 unspecified atom stereocenters. The van der Waals surface area contributed by atoms with E-state index in [1.165, 1.54) is 15.3 Å². The Kier molecular flexibility index (Phi) is 2.90. The summed E-state index contributed by atoms with van der Waals surface area (Å²) in [7, 11) is 0. The molecule has 0 aromatic carbocycles. The van der Waals surface area contributed by atoms with Gasteiger partial charge in [-0.1, -0.05) is 5.16 Å². The molecule has 0 aliphatic carbocycles. The molecule has 0 radical (unpaired) electrons. The minimum absolute atomic E-state index is 0.0505. The zero-order valence-corrected chi connectivity index (χ0v) is 12.9. The first-order chi connectivity index (χ1) is 10.2. The van der Waals surface area contributed by atoms with E-state index >= 15 is 0 Å². The quantitative estimate of drug-likeness (QED) is 0.913. The van der Waals surface area contributed by atoms with Crippen LogP contribution in [0, 0.1) is 13.8 Å². The Morgan fingerprint density at radius 1 is 1.48 bits per heavy atom. The minimum Gasteiger partial charge on any atom is -0.360 e. The van der Waals surface area contributed by atoms with Gasteiger partial charge < -0.3 is 9.42 Å². The molecule has 2 fully saturated rings. The first-order valence-corrected chi connectivity index (χ1v) is 8.21. The Morgan fingerprint density at radius 2 is 2.33 bits per heavy atom. The van der Waals surface area contributed by atoms with Crippen molar-refractivity contribution in [3.63, 3.8) is 0 Å². The Labute approximate surface area is 127 Å². The van der Waals surface area contributed by atoms with E-state index in [4.69, 9.17) is 4.52 Å². The van der Waals surface area contributed by atoms with Crippen molar-refractivity contribution in [3.8, 4) is 0 Å². The van der Waals surface area contributed by atoms with Gasteiger partial charge in [0.05, 0.1) is 11.4 Å². The lowest BCUT2D eigenvalue weighted by Gasteiger charge is -2.24. The second-order valence-electron chi connectivity index (χ2n) is 5.89. The van der Waals surface area contributed by atoms with Gasteiger partial charge in [-0.2, -0.15) is 0 Å². The standard InChI is InChI=1S/C15H17N3O2S/c1-9-5-7-21-13(9)14-17-6-3-4-11(17)15(19)18(14)12-8-10(2)20-16-12/h5,7-8,11,14H,3-4,6H2,1-2H3/p+1. The first-order valence-electron chi connectivity index (χ1n) is 7.33. The molecule has 110 valence electrons. The molecule has 6 heteroatoms. The molecule has 1 N–H and O–H groups in total. The lowest BCUT2D eigenvalue weighted by molar-refractivity contribution is -0.924. The van der Waals surface area contributed by atoms with Crippen molar-refractivity contribution >= 4 is 23.1 Å². The van der Waals surface area contributed by atoms with Crippen LogP contribution in [0.2, 0.25) is 0 Å². The number of fused-ring (bicyclic) bond motifs is 1. The van der Waals surface area contributed by atoms with Gasteiger partial charge in [0, 0.05) is 18.9 Å². The van der Waals surface area contributed by atoms with E-state index in [9.17, 15) is 4.79 Å². The molecule has 2 aliphatic rings. The number of thiophene rings is 1. The van der Waals surface area contributed by atoms with Gasteiger partial charge in [-0.3, -0.25) is 4.79 Å². The van der Waals surface area contributed by atoms with Crippen molar-refractivity contribution in [2.24, 2.45) is 0 Å². The monoisotopic (exact) mass is 304 g/mol.